The van der Waals surface area contributed by atoms with Crippen molar-refractivity contribution in [2.24, 2.45) is 5.92 Å². The summed E-state index contributed by atoms with van der Waals surface area (Å²) in [5.41, 5.74) is 1.99. The molecule has 5 heteroatoms. The van der Waals surface area contributed by atoms with Gasteiger partial charge in [-0.1, -0.05) is 30.3 Å². The molecule has 27 heavy (non-hydrogen) atoms. The normalized spacial score (nSPS) is 26.2. The average Bonchev–Trinajstić information content (AvgIpc) is 2.61. The van der Waals surface area contributed by atoms with Gasteiger partial charge in [-0.2, -0.15) is 0 Å². The van der Waals surface area contributed by atoms with Gasteiger partial charge in [0, 0.05) is 24.6 Å². The van der Waals surface area contributed by atoms with E-state index >= 15 is 0 Å². The highest BCUT2D eigenvalue weighted by Crippen LogP contribution is 2.50. The van der Waals surface area contributed by atoms with Crippen LogP contribution in [0.5, 0.6) is 5.75 Å². The summed E-state index contributed by atoms with van der Waals surface area (Å²) in [6.45, 7) is 6.33. The number of nitrogens with zero attached hydrogens (tertiary/aromatic N) is 1. The van der Waals surface area contributed by atoms with Gasteiger partial charge in [0.15, 0.2) is 5.72 Å². The fraction of sp³-hybridized carbons (Fsp3) is 0.364. The lowest BCUT2D eigenvalue weighted by Gasteiger charge is -2.52. The fourth-order valence-corrected chi connectivity index (χ4v) is 4.44. The van der Waals surface area contributed by atoms with Crippen molar-refractivity contribution in [1.82, 2.24) is 4.90 Å². The second-order valence-electron chi connectivity index (χ2n) is 7.54. The molecule has 2 aliphatic rings. The van der Waals surface area contributed by atoms with E-state index < -0.39 is 11.6 Å². The number of carbonyl (C=O) groups excluding carboxylic acids is 2. The van der Waals surface area contributed by atoms with Crippen molar-refractivity contribution in [2.75, 3.05) is 11.9 Å². The summed E-state index contributed by atoms with van der Waals surface area (Å²) >= 11 is 0. The molecule has 2 heterocycles. The molecule has 0 spiro atoms. The van der Waals surface area contributed by atoms with E-state index in [1.54, 1.807) is 4.90 Å². The summed E-state index contributed by atoms with van der Waals surface area (Å²) in [7, 11) is 0. The molecule has 1 fully saturated rings. The highest BCUT2D eigenvalue weighted by Gasteiger charge is 2.55. The average molecular weight is 364 g/mol. The molecule has 0 radical (unpaired) electrons. The van der Waals surface area contributed by atoms with Gasteiger partial charge in [-0.3, -0.25) is 9.59 Å². The second kappa shape index (κ2) is 6.41. The highest BCUT2D eigenvalue weighted by atomic mass is 16.5. The van der Waals surface area contributed by atoms with Crippen LogP contribution in [-0.2, 0) is 9.59 Å². The van der Waals surface area contributed by atoms with Crippen molar-refractivity contribution in [3.63, 3.8) is 0 Å². The van der Waals surface area contributed by atoms with E-state index in [4.69, 9.17) is 4.74 Å². The van der Waals surface area contributed by atoms with Crippen molar-refractivity contribution in [2.45, 2.75) is 38.8 Å². The maximum atomic E-state index is 13.3. The molecule has 0 aromatic heterocycles. The number of benzene rings is 2. The lowest BCUT2D eigenvalue weighted by atomic mass is 9.73. The standard InChI is InChI=1S/C22H24N2O3/c1-4-24-21(26)19(20(25)23-15-9-7-8-14(2)12-15)17-13-22(24,3)27-18-11-6-5-10-16(17)18/h5-12,17,19H,4,13H2,1-3H3,(H,23,25)/t17-,19-,22-/m0/s1. The Morgan fingerprint density at radius 1 is 1.26 bits per heavy atom. The van der Waals surface area contributed by atoms with Gasteiger partial charge < -0.3 is 15.0 Å². The van der Waals surface area contributed by atoms with Gasteiger partial charge in [0.2, 0.25) is 11.8 Å². The van der Waals surface area contributed by atoms with E-state index in [-0.39, 0.29) is 17.7 Å². The fourth-order valence-electron chi connectivity index (χ4n) is 4.44. The van der Waals surface area contributed by atoms with E-state index in [0.29, 0.717) is 18.7 Å². The lowest BCUT2D eigenvalue weighted by Crippen LogP contribution is -2.64. The van der Waals surface area contributed by atoms with Gasteiger partial charge >= 0.3 is 0 Å². The molecular formula is C22H24N2O3. The predicted molar refractivity (Wildman–Crippen MR) is 104 cm³/mol. The van der Waals surface area contributed by atoms with Crippen LogP contribution in [0.1, 0.15) is 37.3 Å². The Bertz CT molecular complexity index is 910. The quantitative estimate of drug-likeness (QED) is 0.845. The Hall–Kier alpha value is -2.82. The topological polar surface area (TPSA) is 58.6 Å². The van der Waals surface area contributed by atoms with Gasteiger partial charge in [-0.05, 0) is 50.1 Å². The molecule has 0 unspecified atom stereocenters. The number of carbonyl (C=O) groups is 2. The molecule has 140 valence electrons. The van der Waals surface area contributed by atoms with Crippen molar-refractivity contribution >= 4 is 17.5 Å². The number of aryl methyl sites for hydroxylation is 1. The largest absolute Gasteiger partial charge is 0.468 e. The maximum absolute atomic E-state index is 13.3. The molecule has 1 N–H and O–H groups in total. The van der Waals surface area contributed by atoms with E-state index in [1.165, 1.54) is 0 Å². The summed E-state index contributed by atoms with van der Waals surface area (Å²) < 4.78 is 6.20. The van der Waals surface area contributed by atoms with Crippen LogP contribution in [0, 0.1) is 12.8 Å². The summed E-state index contributed by atoms with van der Waals surface area (Å²) in [6.07, 6.45) is 0.607. The molecule has 2 aromatic rings. The molecule has 0 saturated carbocycles. The summed E-state index contributed by atoms with van der Waals surface area (Å²) in [4.78, 5) is 28.1. The van der Waals surface area contributed by atoms with Crippen molar-refractivity contribution in [3.05, 3.63) is 59.7 Å². The summed E-state index contributed by atoms with van der Waals surface area (Å²) in [5.74, 6) is -0.622. The van der Waals surface area contributed by atoms with Crippen LogP contribution < -0.4 is 10.1 Å². The molecule has 2 aliphatic heterocycles. The number of piperidine rings is 1. The van der Waals surface area contributed by atoms with Crippen molar-refractivity contribution < 1.29 is 14.3 Å². The zero-order valence-corrected chi connectivity index (χ0v) is 15.9. The molecule has 3 atom stereocenters. The number of fused-ring (bicyclic) bond motifs is 4. The molecular weight excluding hydrogens is 340 g/mol. The minimum absolute atomic E-state index is 0.170. The van der Waals surface area contributed by atoms with Gasteiger partial charge in [0.05, 0.1) is 0 Å². The first-order chi connectivity index (χ1) is 12.9. The number of ether oxygens (including phenoxy) is 1. The number of hydrogen-bond donors (Lipinski definition) is 1. The van der Waals surface area contributed by atoms with Gasteiger partial charge in [0.1, 0.15) is 11.7 Å². The highest BCUT2D eigenvalue weighted by molar-refractivity contribution is 6.08. The van der Waals surface area contributed by atoms with Gasteiger partial charge in [-0.25, -0.2) is 0 Å². The van der Waals surface area contributed by atoms with Gasteiger partial charge in [0.25, 0.3) is 0 Å². The molecule has 1 saturated heterocycles. The minimum atomic E-state index is -0.761. The van der Waals surface area contributed by atoms with Crippen LogP contribution in [0.2, 0.25) is 0 Å². The first-order valence-electron chi connectivity index (χ1n) is 9.40. The smallest absolute Gasteiger partial charge is 0.238 e. The third kappa shape index (κ3) is 2.87. The number of likely N-dealkylation sites (tertiary alicyclic amines) is 1. The Balaban J connectivity index is 1.73. The Labute approximate surface area is 159 Å². The SMILES string of the molecule is CCN1C(=O)[C@H](C(=O)Nc2cccc(C)c2)[C@H]2C[C@]1(C)Oc1ccccc12. The zero-order valence-electron chi connectivity index (χ0n) is 15.9. The van der Waals surface area contributed by atoms with E-state index in [2.05, 4.69) is 5.32 Å². The zero-order chi connectivity index (χ0) is 19.2. The Kier molecular flexibility index (Phi) is 4.17. The predicted octanol–water partition coefficient (Wildman–Crippen LogP) is 3.69. The number of hydrogen-bond acceptors (Lipinski definition) is 3. The van der Waals surface area contributed by atoms with Crippen LogP contribution >= 0.6 is 0 Å². The number of anilines is 1. The molecule has 4 rings (SSSR count). The van der Waals surface area contributed by atoms with Crippen LogP contribution in [0.4, 0.5) is 5.69 Å². The third-order valence-electron chi connectivity index (χ3n) is 5.64. The summed E-state index contributed by atoms with van der Waals surface area (Å²) in [5, 5.41) is 2.95. The van der Waals surface area contributed by atoms with Crippen molar-refractivity contribution in [3.8, 4) is 5.75 Å². The Morgan fingerprint density at radius 3 is 2.78 bits per heavy atom. The Morgan fingerprint density at radius 2 is 2.04 bits per heavy atom. The molecule has 5 nitrogen and oxygen atoms in total. The van der Waals surface area contributed by atoms with Crippen LogP contribution in [0.15, 0.2) is 48.5 Å². The van der Waals surface area contributed by atoms with E-state index in [0.717, 1.165) is 16.9 Å². The van der Waals surface area contributed by atoms with Crippen molar-refractivity contribution in [1.29, 1.82) is 0 Å². The molecule has 2 amide bonds. The summed E-state index contributed by atoms with van der Waals surface area (Å²) in [6, 6.07) is 15.3. The number of para-hydroxylation sites is 1. The van der Waals surface area contributed by atoms with Crippen LogP contribution in [0.3, 0.4) is 0 Å². The van der Waals surface area contributed by atoms with Gasteiger partial charge in [-0.15, -0.1) is 0 Å². The third-order valence-corrected chi connectivity index (χ3v) is 5.64. The van der Waals surface area contributed by atoms with Crippen LogP contribution in [0.25, 0.3) is 0 Å². The molecule has 0 aliphatic carbocycles. The minimum Gasteiger partial charge on any atom is -0.468 e. The van der Waals surface area contributed by atoms with E-state index in [9.17, 15) is 9.59 Å². The number of nitrogens with one attached hydrogen (secondary N) is 1. The monoisotopic (exact) mass is 364 g/mol. The molecule has 2 bridgehead atoms. The molecule has 2 aromatic carbocycles. The first-order valence-corrected chi connectivity index (χ1v) is 9.40. The van der Waals surface area contributed by atoms with E-state index in [1.807, 2.05) is 69.3 Å². The van der Waals surface area contributed by atoms with Crippen LogP contribution in [-0.4, -0.2) is 29.0 Å². The maximum Gasteiger partial charge on any atom is 0.238 e. The second-order valence-corrected chi connectivity index (χ2v) is 7.54. The lowest BCUT2D eigenvalue weighted by molar-refractivity contribution is -0.174. The number of amides is 2. The number of rotatable bonds is 3. The first kappa shape index (κ1) is 17.6.